The molecule has 0 N–H and O–H groups in total. The molecule has 1 aromatic carbocycles. The van der Waals surface area contributed by atoms with Crippen LogP contribution in [0.25, 0.3) is 5.57 Å². The van der Waals surface area contributed by atoms with Crippen molar-refractivity contribution in [3.8, 4) is 5.75 Å². The van der Waals surface area contributed by atoms with Crippen molar-refractivity contribution in [3.63, 3.8) is 0 Å². The fourth-order valence-corrected chi connectivity index (χ4v) is 2.83. The Labute approximate surface area is 90.8 Å². The maximum absolute atomic E-state index is 5.72. The van der Waals surface area contributed by atoms with Crippen LogP contribution in [0.4, 0.5) is 0 Å². The van der Waals surface area contributed by atoms with E-state index < -0.39 is 0 Å². The quantitative estimate of drug-likeness (QED) is 0.622. The Kier molecular flexibility index (Phi) is 1.60. The van der Waals surface area contributed by atoms with Crippen molar-refractivity contribution in [2.24, 2.45) is 0 Å². The molecule has 1 nitrogen and oxygen atoms in total. The molecule has 2 aliphatic rings. The second-order valence-electron chi connectivity index (χ2n) is 5.01. The molecule has 0 saturated carbocycles. The van der Waals surface area contributed by atoms with Crippen LogP contribution in [0.5, 0.6) is 5.75 Å². The smallest absolute Gasteiger partial charge is 0.127 e. The highest BCUT2D eigenvalue weighted by Crippen LogP contribution is 2.51. The Morgan fingerprint density at radius 2 is 2.07 bits per heavy atom. The zero-order valence-corrected chi connectivity index (χ0v) is 9.55. The number of allylic oxidation sites excluding steroid dienone is 1. The molecule has 0 atom stereocenters. The molecule has 0 fully saturated rings. The van der Waals surface area contributed by atoms with Crippen molar-refractivity contribution in [1.29, 1.82) is 0 Å². The lowest BCUT2D eigenvalue weighted by molar-refractivity contribution is 0.316. The summed E-state index contributed by atoms with van der Waals surface area (Å²) >= 11 is 0. The third kappa shape index (κ3) is 0.983. The van der Waals surface area contributed by atoms with Crippen molar-refractivity contribution in [1.82, 2.24) is 0 Å². The monoisotopic (exact) mass is 200 g/mol. The first-order valence-electron chi connectivity index (χ1n) is 5.59. The molecule has 0 bridgehead atoms. The molecule has 1 aromatic rings. The standard InChI is InChI=1S/C14H16O/c1-9-10-7-8-15-12-6-4-5-11(13(10)12)14(9,2)3/h4-6H,7-8H2,1-3H3. The largest absolute Gasteiger partial charge is 0.493 e. The average molecular weight is 200 g/mol. The van der Waals surface area contributed by atoms with Gasteiger partial charge in [0.1, 0.15) is 5.75 Å². The second kappa shape index (κ2) is 2.66. The fourth-order valence-electron chi connectivity index (χ4n) is 2.83. The minimum atomic E-state index is 0.189. The Morgan fingerprint density at radius 1 is 1.27 bits per heavy atom. The Hall–Kier alpha value is -1.24. The molecule has 3 rings (SSSR count). The van der Waals surface area contributed by atoms with Crippen molar-refractivity contribution in [2.75, 3.05) is 6.61 Å². The lowest BCUT2D eigenvalue weighted by atomic mass is 9.82. The third-order valence-electron chi connectivity index (χ3n) is 4.00. The Balaban J connectivity index is 2.37. The summed E-state index contributed by atoms with van der Waals surface area (Å²) in [6, 6.07) is 6.44. The van der Waals surface area contributed by atoms with Gasteiger partial charge in [-0.2, -0.15) is 0 Å². The molecule has 0 spiro atoms. The minimum Gasteiger partial charge on any atom is -0.493 e. The topological polar surface area (TPSA) is 9.23 Å². The maximum Gasteiger partial charge on any atom is 0.127 e. The summed E-state index contributed by atoms with van der Waals surface area (Å²) in [5.74, 6) is 1.08. The molecule has 1 aliphatic carbocycles. The molecular weight excluding hydrogens is 184 g/mol. The molecule has 78 valence electrons. The molecule has 1 heteroatoms. The van der Waals surface area contributed by atoms with E-state index in [0.29, 0.717) is 0 Å². The van der Waals surface area contributed by atoms with Crippen LogP contribution < -0.4 is 4.74 Å². The van der Waals surface area contributed by atoms with Crippen molar-refractivity contribution in [3.05, 3.63) is 34.9 Å². The zero-order valence-electron chi connectivity index (χ0n) is 9.55. The van der Waals surface area contributed by atoms with E-state index in [-0.39, 0.29) is 5.41 Å². The first-order valence-corrected chi connectivity index (χ1v) is 5.59. The summed E-state index contributed by atoms with van der Waals surface area (Å²) in [7, 11) is 0. The molecule has 1 heterocycles. The van der Waals surface area contributed by atoms with Crippen LogP contribution in [0.1, 0.15) is 38.3 Å². The first kappa shape index (κ1) is 9.02. The molecule has 0 amide bonds. The molecule has 0 radical (unpaired) electrons. The van der Waals surface area contributed by atoms with Gasteiger partial charge in [-0.15, -0.1) is 0 Å². The lowest BCUT2D eigenvalue weighted by Crippen LogP contribution is -2.15. The Morgan fingerprint density at radius 3 is 2.87 bits per heavy atom. The van der Waals surface area contributed by atoms with Crippen molar-refractivity contribution in [2.45, 2.75) is 32.6 Å². The minimum absolute atomic E-state index is 0.189. The highest BCUT2D eigenvalue weighted by Gasteiger charge is 2.38. The van der Waals surface area contributed by atoms with E-state index in [1.54, 1.807) is 0 Å². The molecule has 0 saturated heterocycles. The fraction of sp³-hybridized carbons (Fsp3) is 0.429. The van der Waals surface area contributed by atoms with E-state index in [0.717, 1.165) is 18.8 Å². The summed E-state index contributed by atoms with van der Waals surface area (Å²) in [5, 5.41) is 0. The highest BCUT2D eigenvalue weighted by molar-refractivity contribution is 5.84. The van der Waals surface area contributed by atoms with E-state index >= 15 is 0 Å². The van der Waals surface area contributed by atoms with Gasteiger partial charge in [0.2, 0.25) is 0 Å². The van der Waals surface area contributed by atoms with Gasteiger partial charge in [0.25, 0.3) is 0 Å². The van der Waals surface area contributed by atoms with Gasteiger partial charge in [-0.3, -0.25) is 0 Å². The maximum atomic E-state index is 5.72. The van der Waals surface area contributed by atoms with E-state index in [4.69, 9.17) is 4.74 Å². The van der Waals surface area contributed by atoms with Gasteiger partial charge >= 0.3 is 0 Å². The number of hydrogen-bond donors (Lipinski definition) is 0. The van der Waals surface area contributed by atoms with Gasteiger partial charge in [-0.25, -0.2) is 0 Å². The molecule has 1 aliphatic heterocycles. The van der Waals surface area contributed by atoms with E-state index in [1.807, 2.05) is 0 Å². The number of rotatable bonds is 0. The SMILES string of the molecule is CC1=C2CCOc3cccc(c32)C1(C)C. The van der Waals surface area contributed by atoms with Crippen LogP contribution in [0, 0.1) is 0 Å². The van der Waals surface area contributed by atoms with Crippen LogP contribution in [-0.4, -0.2) is 6.61 Å². The van der Waals surface area contributed by atoms with E-state index in [9.17, 15) is 0 Å². The summed E-state index contributed by atoms with van der Waals surface area (Å²) < 4.78 is 5.72. The lowest BCUT2D eigenvalue weighted by Gasteiger charge is -2.22. The van der Waals surface area contributed by atoms with Crippen LogP contribution in [0.3, 0.4) is 0 Å². The predicted molar refractivity (Wildman–Crippen MR) is 62.2 cm³/mol. The van der Waals surface area contributed by atoms with Gasteiger partial charge in [-0.05, 0) is 24.1 Å². The summed E-state index contributed by atoms with van der Waals surface area (Å²) in [5.41, 5.74) is 6.05. The van der Waals surface area contributed by atoms with Crippen LogP contribution >= 0.6 is 0 Å². The number of benzene rings is 1. The highest BCUT2D eigenvalue weighted by atomic mass is 16.5. The normalized spacial score (nSPS) is 21.3. The third-order valence-corrected chi connectivity index (χ3v) is 4.00. The molecule has 15 heavy (non-hydrogen) atoms. The van der Waals surface area contributed by atoms with Gasteiger partial charge < -0.3 is 4.74 Å². The van der Waals surface area contributed by atoms with Gasteiger partial charge in [0.05, 0.1) is 6.61 Å². The van der Waals surface area contributed by atoms with E-state index in [1.165, 1.54) is 22.3 Å². The van der Waals surface area contributed by atoms with E-state index in [2.05, 4.69) is 39.0 Å². The van der Waals surface area contributed by atoms with Crippen LogP contribution in [-0.2, 0) is 5.41 Å². The first-order chi connectivity index (χ1) is 7.12. The van der Waals surface area contributed by atoms with Gasteiger partial charge in [0.15, 0.2) is 0 Å². The van der Waals surface area contributed by atoms with Gasteiger partial charge in [0, 0.05) is 17.4 Å². The summed E-state index contributed by atoms with van der Waals surface area (Å²) in [6.45, 7) is 7.72. The molecular formula is C14H16O. The number of hydrogen-bond acceptors (Lipinski definition) is 1. The summed E-state index contributed by atoms with van der Waals surface area (Å²) in [4.78, 5) is 0. The predicted octanol–water partition coefficient (Wildman–Crippen LogP) is 3.53. The molecule has 0 aromatic heterocycles. The average Bonchev–Trinajstić information content (AvgIpc) is 2.43. The zero-order chi connectivity index (χ0) is 10.6. The van der Waals surface area contributed by atoms with Crippen LogP contribution in [0.2, 0.25) is 0 Å². The van der Waals surface area contributed by atoms with Gasteiger partial charge in [-0.1, -0.05) is 31.6 Å². The van der Waals surface area contributed by atoms with Crippen molar-refractivity contribution < 1.29 is 4.74 Å². The second-order valence-corrected chi connectivity index (χ2v) is 5.01. The summed E-state index contributed by atoms with van der Waals surface area (Å²) in [6.07, 6.45) is 1.07. The van der Waals surface area contributed by atoms with Crippen molar-refractivity contribution >= 4 is 5.57 Å². The Bertz CT molecular complexity index is 466. The molecule has 0 unspecified atom stereocenters. The number of ether oxygens (including phenoxy) is 1. The van der Waals surface area contributed by atoms with Crippen LogP contribution in [0.15, 0.2) is 23.8 Å².